The zero-order valence-electron chi connectivity index (χ0n) is 16.5. The molecule has 0 saturated heterocycles. The van der Waals surface area contributed by atoms with Gasteiger partial charge in [0, 0.05) is 23.7 Å². The summed E-state index contributed by atoms with van der Waals surface area (Å²) in [5.41, 5.74) is 0.907. The third-order valence-corrected chi connectivity index (χ3v) is 6.50. The minimum atomic E-state index is -4.81. The largest absolute Gasteiger partial charge is 0.480 e. The quantitative estimate of drug-likeness (QED) is 0.360. The predicted octanol–water partition coefficient (Wildman–Crippen LogP) is 1.50. The summed E-state index contributed by atoms with van der Waals surface area (Å²) in [6, 6.07) is 8.87. The number of anilines is 1. The molecule has 170 valence electrons. The van der Waals surface area contributed by atoms with E-state index in [0.29, 0.717) is 28.2 Å². The van der Waals surface area contributed by atoms with Crippen molar-refractivity contribution in [2.75, 3.05) is 5.32 Å². The normalized spacial score (nSPS) is 12.1. The standard InChI is InChI=1S/C19H18N2O9S2/c1-11-6-18(22)21(10-19(23)24)16-7-13(3-5-15(11)16)20-9-12-2-4-14(31(25,26)27)8-17(12)32(28,29)30/h2-8,20H,9-10H2,1H3,(H,23,24)(H,25,26,27)(H,28,29,30). The average molecular weight is 482 g/mol. The Morgan fingerprint density at radius 3 is 2.28 bits per heavy atom. The van der Waals surface area contributed by atoms with Gasteiger partial charge in [0.05, 0.1) is 10.4 Å². The number of aliphatic carboxylic acids is 1. The molecule has 11 nitrogen and oxygen atoms in total. The number of aryl methyl sites for hydroxylation is 1. The van der Waals surface area contributed by atoms with Crippen molar-refractivity contribution in [1.29, 1.82) is 0 Å². The molecule has 0 fully saturated rings. The molecule has 1 heterocycles. The second-order valence-corrected chi connectivity index (χ2v) is 9.76. The zero-order chi connectivity index (χ0) is 23.8. The van der Waals surface area contributed by atoms with Crippen molar-refractivity contribution in [3.8, 4) is 0 Å². The second kappa shape index (κ2) is 8.35. The van der Waals surface area contributed by atoms with Crippen LogP contribution in [-0.2, 0) is 38.1 Å². The maximum absolute atomic E-state index is 12.3. The summed E-state index contributed by atoms with van der Waals surface area (Å²) >= 11 is 0. The lowest BCUT2D eigenvalue weighted by Gasteiger charge is -2.14. The van der Waals surface area contributed by atoms with E-state index in [9.17, 15) is 31.0 Å². The number of hydrogen-bond donors (Lipinski definition) is 4. The number of carbonyl (C=O) groups is 1. The molecule has 0 amide bonds. The van der Waals surface area contributed by atoms with Crippen molar-refractivity contribution in [2.24, 2.45) is 0 Å². The third kappa shape index (κ3) is 4.96. The van der Waals surface area contributed by atoms with Crippen molar-refractivity contribution in [1.82, 2.24) is 4.57 Å². The van der Waals surface area contributed by atoms with E-state index in [1.54, 1.807) is 19.1 Å². The molecule has 0 aliphatic carbocycles. The molecule has 0 atom stereocenters. The fourth-order valence-corrected chi connectivity index (χ4v) is 4.56. The smallest absolute Gasteiger partial charge is 0.323 e. The Balaban J connectivity index is 2.03. The van der Waals surface area contributed by atoms with Crippen molar-refractivity contribution in [3.05, 3.63) is 63.9 Å². The van der Waals surface area contributed by atoms with E-state index in [-0.39, 0.29) is 12.1 Å². The first-order chi connectivity index (χ1) is 14.8. The van der Waals surface area contributed by atoms with Crippen LogP contribution in [0.3, 0.4) is 0 Å². The Bertz CT molecular complexity index is 1510. The number of rotatable bonds is 7. The molecule has 2 aromatic carbocycles. The second-order valence-electron chi connectivity index (χ2n) is 6.95. The molecule has 1 aromatic heterocycles. The number of nitrogens with zero attached hydrogens (tertiary/aromatic N) is 1. The molecule has 4 N–H and O–H groups in total. The summed E-state index contributed by atoms with van der Waals surface area (Å²) in [5.74, 6) is -1.20. The van der Waals surface area contributed by atoms with Crippen LogP contribution in [0.2, 0.25) is 0 Å². The van der Waals surface area contributed by atoms with Gasteiger partial charge in [-0.25, -0.2) is 0 Å². The van der Waals surface area contributed by atoms with Crippen LogP contribution in [0.25, 0.3) is 10.9 Å². The predicted molar refractivity (Wildman–Crippen MR) is 114 cm³/mol. The van der Waals surface area contributed by atoms with Gasteiger partial charge in [-0.2, -0.15) is 16.8 Å². The molecule has 0 saturated carbocycles. The summed E-state index contributed by atoms with van der Waals surface area (Å²) < 4.78 is 65.6. The summed E-state index contributed by atoms with van der Waals surface area (Å²) in [7, 11) is -9.51. The van der Waals surface area contributed by atoms with Crippen LogP contribution in [0, 0.1) is 6.92 Å². The maximum Gasteiger partial charge on any atom is 0.323 e. The van der Waals surface area contributed by atoms with E-state index in [1.165, 1.54) is 12.1 Å². The van der Waals surface area contributed by atoms with E-state index in [4.69, 9.17) is 9.66 Å². The first-order valence-corrected chi connectivity index (χ1v) is 11.8. The van der Waals surface area contributed by atoms with Crippen LogP contribution < -0.4 is 10.9 Å². The number of carboxylic acid groups (broad SMARTS) is 1. The molecule has 0 unspecified atom stereocenters. The fraction of sp³-hybridized carbons (Fsp3) is 0.158. The highest BCUT2D eigenvalue weighted by molar-refractivity contribution is 7.86. The Labute approximate surface area is 182 Å². The summed E-state index contributed by atoms with van der Waals surface area (Å²) in [5, 5.41) is 12.7. The number of carboxylic acids is 1. The van der Waals surface area contributed by atoms with Crippen LogP contribution in [0.1, 0.15) is 11.1 Å². The molecular formula is C19H18N2O9S2. The number of aromatic nitrogens is 1. The van der Waals surface area contributed by atoms with Crippen molar-refractivity contribution in [3.63, 3.8) is 0 Å². The van der Waals surface area contributed by atoms with Crippen LogP contribution in [0.15, 0.2) is 57.1 Å². The van der Waals surface area contributed by atoms with Gasteiger partial charge < -0.3 is 10.4 Å². The van der Waals surface area contributed by atoms with E-state index in [1.807, 2.05) is 0 Å². The minimum Gasteiger partial charge on any atom is -0.480 e. The van der Waals surface area contributed by atoms with Crippen molar-refractivity contribution in [2.45, 2.75) is 29.8 Å². The van der Waals surface area contributed by atoms with E-state index in [0.717, 1.165) is 16.7 Å². The minimum absolute atomic E-state index is 0.00663. The lowest BCUT2D eigenvalue weighted by Crippen LogP contribution is -2.24. The zero-order valence-corrected chi connectivity index (χ0v) is 18.1. The number of nitrogens with one attached hydrogen (secondary N) is 1. The molecule has 0 spiro atoms. The monoisotopic (exact) mass is 482 g/mol. The van der Waals surface area contributed by atoms with Crippen LogP contribution >= 0.6 is 0 Å². The Kier molecular flexibility index (Phi) is 6.11. The molecule has 32 heavy (non-hydrogen) atoms. The SMILES string of the molecule is Cc1cc(=O)n(CC(=O)O)c2cc(NCc3ccc(S(=O)(=O)O)cc3S(=O)(=O)O)ccc12. The van der Waals surface area contributed by atoms with Gasteiger partial charge in [-0.15, -0.1) is 0 Å². The molecule has 13 heteroatoms. The van der Waals surface area contributed by atoms with E-state index in [2.05, 4.69) is 5.32 Å². The number of fused-ring (bicyclic) bond motifs is 1. The van der Waals surface area contributed by atoms with Crippen molar-refractivity contribution < 1.29 is 35.8 Å². The molecule has 0 radical (unpaired) electrons. The Morgan fingerprint density at radius 2 is 1.69 bits per heavy atom. The number of hydrogen-bond acceptors (Lipinski definition) is 7. The van der Waals surface area contributed by atoms with E-state index >= 15 is 0 Å². The number of benzene rings is 2. The van der Waals surface area contributed by atoms with Crippen LogP contribution in [-0.4, -0.2) is 41.6 Å². The molecule has 0 aliphatic heterocycles. The van der Waals surface area contributed by atoms with Gasteiger partial charge in [-0.1, -0.05) is 12.1 Å². The first-order valence-electron chi connectivity index (χ1n) is 8.95. The molecular weight excluding hydrogens is 464 g/mol. The van der Waals surface area contributed by atoms with Gasteiger partial charge >= 0.3 is 5.97 Å². The fourth-order valence-electron chi connectivity index (χ4n) is 3.24. The number of pyridine rings is 1. The maximum atomic E-state index is 12.3. The molecule has 3 aromatic rings. The van der Waals surface area contributed by atoms with Gasteiger partial charge in [-0.05, 0) is 42.3 Å². The van der Waals surface area contributed by atoms with Crippen LogP contribution in [0.5, 0.6) is 0 Å². The molecule has 0 aliphatic rings. The highest BCUT2D eigenvalue weighted by Gasteiger charge is 2.20. The lowest BCUT2D eigenvalue weighted by molar-refractivity contribution is -0.137. The third-order valence-electron chi connectivity index (χ3n) is 4.71. The summed E-state index contributed by atoms with van der Waals surface area (Å²) in [6.45, 7) is 0.974. The summed E-state index contributed by atoms with van der Waals surface area (Å²) in [6.07, 6.45) is 0. The molecule has 3 rings (SSSR count). The lowest BCUT2D eigenvalue weighted by atomic mass is 10.1. The summed E-state index contributed by atoms with van der Waals surface area (Å²) in [4.78, 5) is 22.0. The van der Waals surface area contributed by atoms with Crippen molar-refractivity contribution >= 4 is 42.8 Å². The Morgan fingerprint density at radius 1 is 1.00 bits per heavy atom. The van der Waals surface area contributed by atoms with Gasteiger partial charge in [0.2, 0.25) is 0 Å². The van der Waals surface area contributed by atoms with Gasteiger partial charge in [0.15, 0.2) is 0 Å². The first kappa shape index (κ1) is 23.4. The topological polar surface area (TPSA) is 180 Å². The van der Waals surface area contributed by atoms with E-state index < -0.39 is 48.1 Å². The Hall–Kier alpha value is -3.26. The van der Waals surface area contributed by atoms with Gasteiger partial charge in [0.25, 0.3) is 25.8 Å². The van der Waals surface area contributed by atoms with Gasteiger partial charge in [-0.3, -0.25) is 23.3 Å². The highest BCUT2D eigenvalue weighted by atomic mass is 32.2. The van der Waals surface area contributed by atoms with Gasteiger partial charge in [0.1, 0.15) is 11.4 Å². The van der Waals surface area contributed by atoms with Crippen LogP contribution in [0.4, 0.5) is 5.69 Å². The molecule has 0 bridgehead atoms. The highest BCUT2D eigenvalue weighted by Crippen LogP contribution is 2.24. The average Bonchev–Trinajstić information content (AvgIpc) is 2.67.